The standard InChI is InChI=1S/C26H34O4/c1-27-23-15-12-19(17-25(23)29-3)11-13-20-9-7-5-6-8-10-22(20)21-14-16-24(28-2)26(18-21)30-4/h11-18,20,22H,5-10H2,1-4H3/b13-11+. The molecule has 0 amide bonds. The smallest absolute Gasteiger partial charge is 0.161 e. The van der Waals surface area contributed by atoms with Crippen molar-refractivity contribution in [2.75, 3.05) is 28.4 Å². The van der Waals surface area contributed by atoms with Gasteiger partial charge >= 0.3 is 0 Å². The van der Waals surface area contributed by atoms with Crippen molar-refractivity contribution in [3.8, 4) is 23.0 Å². The van der Waals surface area contributed by atoms with Gasteiger partial charge in [-0.2, -0.15) is 0 Å². The second-order valence-corrected chi connectivity index (χ2v) is 7.85. The Bertz CT molecular complexity index is 843. The number of allylic oxidation sites excluding steroid dienone is 1. The third-order valence-corrected chi connectivity index (χ3v) is 6.10. The first-order valence-electron chi connectivity index (χ1n) is 10.8. The van der Waals surface area contributed by atoms with E-state index < -0.39 is 0 Å². The van der Waals surface area contributed by atoms with Gasteiger partial charge in [0.2, 0.25) is 0 Å². The first-order chi connectivity index (χ1) is 14.7. The molecule has 162 valence electrons. The summed E-state index contributed by atoms with van der Waals surface area (Å²) >= 11 is 0. The third-order valence-electron chi connectivity index (χ3n) is 6.10. The van der Waals surface area contributed by atoms with E-state index in [9.17, 15) is 0 Å². The highest BCUT2D eigenvalue weighted by atomic mass is 16.5. The Balaban J connectivity index is 1.88. The zero-order chi connectivity index (χ0) is 21.3. The average molecular weight is 411 g/mol. The molecule has 1 fully saturated rings. The highest BCUT2D eigenvalue weighted by Gasteiger charge is 2.23. The van der Waals surface area contributed by atoms with Gasteiger partial charge in [-0.1, -0.05) is 50.0 Å². The van der Waals surface area contributed by atoms with Crippen LogP contribution in [0.3, 0.4) is 0 Å². The van der Waals surface area contributed by atoms with Crippen LogP contribution in [0.25, 0.3) is 6.08 Å². The normalized spacial score (nSPS) is 19.7. The second-order valence-electron chi connectivity index (χ2n) is 7.85. The van der Waals surface area contributed by atoms with Gasteiger partial charge in [0, 0.05) is 0 Å². The van der Waals surface area contributed by atoms with Gasteiger partial charge in [-0.3, -0.25) is 0 Å². The topological polar surface area (TPSA) is 36.9 Å². The van der Waals surface area contributed by atoms with Gasteiger partial charge in [0.25, 0.3) is 0 Å². The molecule has 2 aromatic carbocycles. The van der Waals surface area contributed by atoms with Crippen LogP contribution in [-0.2, 0) is 0 Å². The number of benzene rings is 2. The van der Waals surface area contributed by atoms with Crippen molar-refractivity contribution < 1.29 is 18.9 Å². The molecule has 2 unspecified atom stereocenters. The first kappa shape index (κ1) is 22.1. The fourth-order valence-corrected chi connectivity index (χ4v) is 4.43. The molecule has 4 heteroatoms. The second kappa shape index (κ2) is 11.0. The molecule has 0 radical (unpaired) electrons. The summed E-state index contributed by atoms with van der Waals surface area (Å²) in [5.74, 6) is 4.06. The quantitative estimate of drug-likeness (QED) is 0.523. The van der Waals surface area contributed by atoms with Crippen LogP contribution >= 0.6 is 0 Å². The van der Waals surface area contributed by atoms with E-state index in [-0.39, 0.29) is 0 Å². The summed E-state index contributed by atoms with van der Waals surface area (Å²) in [5.41, 5.74) is 2.46. The molecule has 0 saturated heterocycles. The van der Waals surface area contributed by atoms with Crippen LogP contribution < -0.4 is 18.9 Å². The van der Waals surface area contributed by atoms with E-state index >= 15 is 0 Å². The molecule has 0 heterocycles. The summed E-state index contributed by atoms with van der Waals surface area (Å²) in [6, 6.07) is 12.5. The molecule has 3 rings (SSSR count). The lowest BCUT2D eigenvalue weighted by Crippen LogP contribution is -2.14. The minimum atomic E-state index is 0.474. The SMILES string of the molecule is COc1ccc(/C=C/C2CCCCCCC2c2ccc(OC)c(OC)c2)cc1OC. The highest BCUT2D eigenvalue weighted by molar-refractivity contribution is 5.56. The Morgan fingerprint density at radius 3 is 1.93 bits per heavy atom. The minimum Gasteiger partial charge on any atom is -0.493 e. The third kappa shape index (κ3) is 5.29. The van der Waals surface area contributed by atoms with E-state index in [1.165, 1.54) is 44.1 Å². The van der Waals surface area contributed by atoms with Crippen molar-refractivity contribution in [1.82, 2.24) is 0 Å². The van der Waals surface area contributed by atoms with Crippen LogP contribution in [-0.4, -0.2) is 28.4 Å². The molecular formula is C26H34O4. The molecule has 0 aliphatic heterocycles. The van der Waals surface area contributed by atoms with E-state index in [0.717, 1.165) is 28.6 Å². The summed E-state index contributed by atoms with van der Waals surface area (Å²) in [7, 11) is 6.72. The molecule has 30 heavy (non-hydrogen) atoms. The number of rotatable bonds is 7. The summed E-state index contributed by atoms with van der Waals surface area (Å²) in [5, 5.41) is 0. The van der Waals surface area contributed by atoms with Gasteiger partial charge in [0.1, 0.15) is 0 Å². The molecule has 0 bridgehead atoms. The Hall–Kier alpha value is -2.62. The average Bonchev–Trinajstić information content (AvgIpc) is 2.77. The van der Waals surface area contributed by atoms with Crippen molar-refractivity contribution in [3.05, 3.63) is 53.6 Å². The Labute approximate surface area is 180 Å². The molecule has 0 spiro atoms. The lowest BCUT2D eigenvalue weighted by molar-refractivity contribution is 0.350. The van der Waals surface area contributed by atoms with Gasteiger partial charge in [-0.15, -0.1) is 0 Å². The molecule has 1 saturated carbocycles. The van der Waals surface area contributed by atoms with Crippen LogP contribution in [0, 0.1) is 5.92 Å². The number of ether oxygens (including phenoxy) is 4. The van der Waals surface area contributed by atoms with Crippen LogP contribution in [0.2, 0.25) is 0 Å². The largest absolute Gasteiger partial charge is 0.493 e. The van der Waals surface area contributed by atoms with Gasteiger partial charge in [0.05, 0.1) is 28.4 Å². The van der Waals surface area contributed by atoms with Crippen molar-refractivity contribution >= 4 is 6.08 Å². The van der Waals surface area contributed by atoms with Gasteiger partial charge in [-0.25, -0.2) is 0 Å². The van der Waals surface area contributed by atoms with Gasteiger partial charge < -0.3 is 18.9 Å². The lowest BCUT2D eigenvalue weighted by Gasteiger charge is -2.28. The first-order valence-corrected chi connectivity index (χ1v) is 10.8. The zero-order valence-electron chi connectivity index (χ0n) is 18.6. The number of hydrogen-bond acceptors (Lipinski definition) is 4. The maximum Gasteiger partial charge on any atom is 0.161 e. The Morgan fingerprint density at radius 1 is 0.667 bits per heavy atom. The predicted octanol–water partition coefficient (Wildman–Crippen LogP) is 6.49. The summed E-state index contributed by atoms with van der Waals surface area (Å²) in [4.78, 5) is 0. The number of methoxy groups -OCH3 is 4. The minimum absolute atomic E-state index is 0.474. The molecule has 2 aromatic rings. The van der Waals surface area contributed by atoms with Crippen LogP contribution in [0.15, 0.2) is 42.5 Å². The molecule has 1 aliphatic carbocycles. The van der Waals surface area contributed by atoms with E-state index in [1.54, 1.807) is 28.4 Å². The highest BCUT2D eigenvalue weighted by Crippen LogP contribution is 2.40. The Kier molecular flexibility index (Phi) is 8.06. The maximum absolute atomic E-state index is 5.57. The van der Waals surface area contributed by atoms with Gasteiger partial charge in [-0.05, 0) is 60.1 Å². The fraction of sp³-hybridized carbons (Fsp3) is 0.462. The summed E-state index contributed by atoms with van der Waals surface area (Å²) < 4.78 is 21.8. The Morgan fingerprint density at radius 2 is 1.27 bits per heavy atom. The molecule has 2 atom stereocenters. The number of hydrogen-bond donors (Lipinski definition) is 0. The monoisotopic (exact) mass is 410 g/mol. The molecular weight excluding hydrogens is 376 g/mol. The van der Waals surface area contributed by atoms with Crippen molar-refractivity contribution in [2.45, 2.75) is 44.4 Å². The molecule has 0 N–H and O–H groups in total. The van der Waals surface area contributed by atoms with Crippen molar-refractivity contribution in [1.29, 1.82) is 0 Å². The fourth-order valence-electron chi connectivity index (χ4n) is 4.43. The lowest BCUT2D eigenvalue weighted by atomic mass is 9.77. The van der Waals surface area contributed by atoms with Crippen LogP contribution in [0.4, 0.5) is 0 Å². The zero-order valence-corrected chi connectivity index (χ0v) is 18.6. The maximum atomic E-state index is 5.57. The van der Waals surface area contributed by atoms with Crippen LogP contribution in [0.1, 0.15) is 55.6 Å². The van der Waals surface area contributed by atoms with E-state index in [1.807, 2.05) is 18.2 Å². The predicted molar refractivity (Wildman–Crippen MR) is 122 cm³/mol. The van der Waals surface area contributed by atoms with Gasteiger partial charge in [0.15, 0.2) is 23.0 Å². The summed E-state index contributed by atoms with van der Waals surface area (Å²) in [6.07, 6.45) is 12.2. The van der Waals surface area contributed by atoms with E-state index in [0.29, 0.717) is 11.8 Å². The van der Waals surface area contributed by atoms with E-state index in [2.05, 4.69) is 30.4 Å². The summed E-state index contributed by atoms with van der Waals surface area (Å²) in [6.45, 7) is 0. The molecule has 0 aromatic heterocycles. The molecule has 1 aliphatic rings. The van der Waals surface area contributed by atoms with E-state index in [4.69, 9.17) is 18.9 Å². The van der Waals surface area contributed by atoms with Crippen LogP contribution in [0.5, 0.6) is 23.0 Å². The van der Waals surface area contributed by atoms with Crippen molar-refractivity contribution in [2.24, 2.45) is 5.92 Å². The molecule has 4 nitrogen and oxygen atoms in total. The van der Waals surface area contributed by atoms with Crippen molar-refractivity contribution in [3.63, 3.8) is 0 Å².